The fourth-order valence-corrected chi connectivity index (χ4v) is 3.87. The summed E-state index contributed by atoms with van der Waals surface area (Å²) in [5.41, 5.74) is 3.88. The van der Waals surface area contributed by atoms with Crippen LogP contribution in [-0.4, -0.2) is 41.5 Å². The molecule has 1 saturated heterocycles. The first-order chi connectivity index (χ1) is 14.1. The van der Waals surface area contributed by atoms with Crippen molar-refractivity contribution in [2.75, 3.05) is 18.4 Å². The van der Waals surface area contributed by atoms with Gasteiger partial charge in [-0.2, -0.15) is 0 Å². The first kappa shape index (κ1) is 21.9. The number of hydrogen-bond donors (Lipinski definition) is 1. The molecule has 3 rings (SSSR count). The molecule has 5 nitrogen and oxygen atoms in total. The Hall–Kier alpha value is -2.82. The molecule has 1 heterocycles. The second-order valence-electron chi connectivity index (χ2n) is 9.09. The van der Waals surface area contributed by atoms with E-state index in [0.29, 0.717) is 18.7 Å². The van der Waals surface area contributed by atoms with Gasteiger partial charge in [-0.15, -0.1) is 0 Å². The summed E-state index contributed by atoms with van der Waals surface area (Å²) in [5, 5.41) is 3.59. The third kappa shape index (κ3) is 5.41. The molecular weight excluding hydrogens is 376 g/mol. The molecular formula is C25H32N2O3. The number of ether oxygens (including phenoxy) is 1. The molecule has 160 valence electrons. The standard InChI is InChI=1S/C25H32N2O3/c1-17-15-18(2)22(23(28)19-9-7-6-8-10-19)21(16-17)26-20-11-13-27(14-12-20)24(29)30-25(3,4)5/h6-10,15-16,20,26H,11-14H2,1-5H3. The second-order valence-corrected chi connectivity index (χ2v) is 9.09. The maximum atomic E-state index is 13.2. The summed E-state index contributed by atoms with van der Waals surface area (Å²) in [5.74, 6) is 0.0294. The summed E-state index contributed by atoms with van der Waals surface area (Å²) in [6.45, 7) is 10.9. The van der Waals surface area contributed by atoms with Crippen LogP contribution in [0.3, 0.4) is 0 Å². The number of hydrogen-bond acceptors (Lipinski definition) is 4. The van der Waals surface area contributed by atoms with Gasteiger partial charge in [-0.3, -0.25) is 4.79 Å². The predicted molar refractivity (Wildman–Crippen MR) is 120 cm³/mol. The number of piperidine rings is 1. The van der Waals surface area contributed by atoms with Gasteiger partial charge in [-0.1, -0.05) is 36.4 Å². The van der Waals surface area contributed by atoms with E-state index in [2.05, 4.69) is 5.32 Å². The van der Waals surface area contributed by atoms with Crippen LogP contribution in [-0.2, 0) is 4.74 Å². The fourth-order valence-electron chi connectivity index (χ4n) is 3.87. The summed E-state index contributed by atoms with van der Waals surface area (Å²) in [7, 11) is 0. The number of ketones is 1. The highest BCUT2D eigenvalue weighted by atomic mass is 16.6. The Bertz CT molecular complexity index is 908. The first-order valence-electron chi connectivity index (χ1n) is 10.6. The van der Waals surface area contributed by atoms with Gasteiger partial charge in [0.05, 0.1) is 0 Å². The maximum absolute atomic E-state index is 13.2. The molecule has 30 heavy (non-hydrogen) atoms. The van der Waals surface area contributed by atoms with Crippen LogP contribution in [0, 0.1) is 13.8 Å². The van der Waals surface area contributed by atoms with Gasteiger partial charge in [-0.05, 0) is 64.7 Å². The average molecular weight is 409 g/mol. The van der Waals surface area contributed by atoms with Gasteiger partial charge in [0.1, 0.15) is 5.60 Å². The van der Waals surface area contributed by atoms with Crippen LogP contribution in [0.4, 0.5) is 10.5 Å². The molecule has 0 atom stereocenters. The van der Waals surface area contributed by atoms with Crippen molar-refractivity contribution < 1.29 is 14.3 Å². The summed E-state index contributed by atoms with van der Waals surface area (Å²) in [6.07, 6.45) is 1.36. The molecule has 0 aliphatic carbocycles. The van der Waals surface area contributed by atoms with E-state index >= 15 is 0 Å². The number of rotatable bonds is 4. The zero-order valence-corrected chi connectivity index (χ0v) is 18.6. The van der Waals surface area contributed by atoms with Gasteiger partial charge in [0.15, 0.2) is 5.78 Å². The minimum atomic E-state index is -0.488. The van der Waals surface area contributed by atoms with E-state index in [-0.39, 0.29) is 17.9 Å². The number of carbonyl (C=O) groups is 2. The number of amides is 1. The van der Waals surface area contributed by atoms with Gasteiger partial charge >= 0.3 is 6.09 Å². The number of aryl methyl sites for hydroxylation is 2. The summed E-state index contributed by atoms with van der Waals surface area (Å²) < 4.78 is 5.48. The number of nitrogens with zero attached hydrogens (tertiary/aromatic N) is 1. The van der Waals surface area contributed by atoms with Crippen molar-refractivity contribution >= 4 is 17.6 Å². The zero-order chi connectivity index (χ0) is 21.9. The molecule has 1 N–H and O–H groups in total. The average Bonchev–Trinajstić information content (AvgIpc) is 2.67. The van der Waals surface area contributed by atoms with E-state index in [0.717, 1.165) is 35.2 Å². The molecule has 0 spiro atoms. The van der Waals surface area contributed by atoms with Crippen LogP contribution in [0.5, 0.6) is 0 Å². The minimum absolute atomic E-state index is 0.0294. The van der Waals surface area contributed by atoms with E-state index in [1.165, 1.54) is 0 Å². The number of carbonyl (C=O) groups excluding carboxylic acids is 2. The highest BCUT2D eigenvalue weighted by molar-refractivity contribution is 6.13. The molecule has 0 radical (unpaired) electrons. The van der Waals surface area contributed by atoms with Crippen molar-refractivity contribution in [2.45, 2.75) is 59.1 Å². The van der Waals surface area contributed by atoms with Crippen molar-refractivity contribution in [3.8, 4) is 0 Å². The van der Waals surface area contributed by atoms with E-state index in [1.807, 2.05) is 77.1 Å². The Morgan fingerprint density at radius 2 is 1.67 bits per heavy atom. The fraction of sp³-hybridized carbons (Fsp3) is 0.440. The van der Waals surface area contributed by atoms with Gasteiger partial charge in [0.25, 0.3) is 0 Å². The van der Waals surface area contributed by atoms with Crippen molar-refractivity contribution in [3.63, 3.8) is 0 Å². The normalized spacial score (nSPS) is 15.0. The quantitative estimate of drug-likeness (QED) is 0.693. The SMILES string of the molecule is Cc1cc(C)c(C(=O)c2ccccc2)c(NC2CCN(C(=O)OC(C)(C)C)CC2)c1. The smallest absolute Gasteiger partial charge is 0.410 e. The first-order valence-corrected chi connectivity index (χ1v) is 10.6. The molecule has 0 unspecified atom stereocenters. The molecule has 0 aromatic heterocycles. The highest BCUT2D eigenvalue weighted by Crippen LogP contribution is 2.28. The molecule has 5 heteroatoms. The molecule has 1 amide bonds. The summed E-state index contributed by atoms with van der Waals surface area (Å²) in [4.78, 5) is 27.3. The van der Waals surface area contributed by atoms with Gasteiger partial charge in [-0.25, -0.2) is 4.79 Å². The topological polar surface area (TPSA) is 58.6 Å². The third-order valence-electron chi connectivity index (χ3n) is 5.25. The Balaban J connectivity index is 1.73. The zero-order valence-electron chi connectivity index (χ0n) is 18.6. The molecule has 1 aliphatic rings. The minimum Gasteiger partial charge on any atom is -0.444 e. The second kappa shape index (κ2) is 8.90. The number of likely N-dealkylation sites (tertiary alicyclic amines) is 1. The Morgan fingerprint density at radius 1 is 1.03 bits per heavy atom. The highest BCUT2D eigenvalue weighted by Gasteiger charge is 2.27. The van der Waals surface area contributed by atoms with E-state index < -0.39 is 5.60 Å². The largest absolute Gasteiger partial charge is 0.444 e. The van der Waals surface area contributed by atoms with Crippen LogP contribution in [0.1, 0.15) is 60.7 Å². The molecule has 0 saturated carbocycles. The van der Waals surface area contributed by atoms with Crippen LogP contribution in [0.15, 0.2) is 42.5 Å². The lowest BCUT2D eigenvalue weighted by molar-refractivity contribution is 0.0210. The van der Waals surface area contributed by atoms with Crippen molar-refractivity contribution in [2.24, 2.45) is 0 Å². The lowest BCUT2D eigenvalue weighted by Crippen LogP contribution is -2.44. The lowest BCUT2D eigenvalue weighted by Gasteiger charge is -2.34. The van der Waals surface area contributed by atoms with E-state index in [9.17, 15) is 9.59 Å². The Morgan fingerprint density at radius 3 is 2.27 bits per heavy atom. The van der Waals surface area contributed by atoms with Crippen LogP contribution >= 0.6 is 0 Å². The number of nitrogens with one attached hydrogen (secondary N) is 1. The Kier molecular flexibility index (Phi) is 6.49. The van der Waals surface area contributed by atoms with Gasteiger partial charge in [0.2, 0.25) is 0 Å². The molecule has 2 aromatic carbocycles. The maximum Gasteiger partial charge on any atom is 0.410 e. The van der Waals surface area contributed by atoms with Crippen molar-refractivity contribution in [1.29, 1.82) is 0 Å². The van der Waals surface area contributed by atoms with Crippen LogP contribution < -0.4 is 5.32 Å². The van der Waals surface area contributed by atoms with Crippen molar-refractivity contribution in [1.82, 2.24) is 4.90 Å². The summed E-state index contributed by atoms with van der Waals surface area (Å²) >= 11 is 0. The Labute approximate surface area is 179 Å². The molecule has 1 fully saturated rings. The third-order valence-corrected chi connectivity index (χ3v) is 5.25. The monoisotopic (exact) mass is 408 g/mol. The molecule has 2 aromatic rings. The summed E-state index contributed by atoms with van der Waals surface area (Å²) in [6, 6.07) is 13.7. The van der Waals surface area contributed by atoms with E-state index in [4.69, 9.17) is 4.74 Å². The van der Waals surface area contributed by atoms with E-state index in [1.54, 1.807) is 4.90 Å². The van der Waals surface area contributed by atoms with Crippen LogP contribution in [0.25, 0.3) is 0 Å². The molecule has 1 aliphatic heterocycles. The van der Waals surface area contributed by atoms with Crippen molar-refractivity contribution in [3.05, 3.63) is 64.7 Å². The van der Waals surface area contributed by atoms with Gasteiger partial charge in [0, 0.05) is 35.9 Å². The van der Waals surface area contributed by atoms with Crippen LogP contribution in [0.2, 0.25) is 0 Å². The number of benzene rings is 2. The van der Waals surface area contributed by atoms with Gasteiger partial charge < -0.3 is 15.0 Å². The lowest BCUT2D eigenvalue weighted by atomic mass is 9.94. The predicted octanol–water partition coefficient (Wildman–Crippen LogP) is 5.35. The molecule has 0 bridgehead atoms. The number of anilines is 1.